The molecule has 5 rings (SSSR count). The van der Waals surface area contributed by atoms with Gasteiger partial charge in [0.15, 0.2) is 17.3 Å². The maximum Gasteiger partial charge on any atom is 0.341 e. The van der Waals surface area contributed by atoms with Crippen LogP contribution in [-0.2, 0) is 0 Å². The van der Waals surface area contributed by atoms with Gasteiger partial charge in [0, 0.05) is 31.4 Å². The zero-order valence-corrected chi connectivity index (χ0v) is 18.0. The number of pyridine rings is 2. The molecule has 0 bridgehead atoms. The van der Waals surface area contributed by atoms with Crippen molar-refractivity contribution in [2.75, 3.05) is 24.5 Å². The number of benzene rings is 1. The maximum absolute atomic E-state index is 15.1. The number of hydrogen-bond acceptors (Lipinski definition) is 5. The Morgan fingerprint density at radius 1 is 1.15 bits per heavy atom. The molecule has 11 heteroatoms. The van der Waals surface area contributed by atoms with E-state index in [9.17, 15) is 23.5 Å². The second kappa shape index (κ2) is 8.68. The lowest BCUT2D eigenvalue weighted by molar-refractivity contribution is 0.0695. The average Bonchev–Trinajstić information content (AvgIpc) is 3.18. The average molecular weight is 481 g/mol. The number of halogens is 4. The van der Waals surface area contributed by atoms with Crippen LogP contribution in [0.4, 0.5) is 19.0 Å². The van der Waals surface area contributed by atoms with Crippen molar-refractivity contribution in [1.82, 2.24) is 14.9 Å². The first kappa shape index (κ1) is 23.1. The molecular formula is C22H20ClF3N4O3. The van der Waals surface area contributed by atoms with Crippen LogP contribution in [-0.4, -0.2) is 46.3 Å². The van der Waals surface area contributed by atoms with E-state index in [-0.39, 0.29) is 41.0 Å². The van der Waals surface area contributed by atoms with Crippen molar-refractivity contribution in [3.05, 3.63) is 63.7 Å². The smallest absolute Gasteiger partial charge is 0.341 e. The molecule has 1 aromatic carbocycles. The number of aromatic carboxylic acids is 1. The van der Waals surface area contributed by atoms with Crippen LogP contribution in [0.5, 0.6) is 0 Å². The van der Waals surface area contributed by atoms with E-state index in [1.165, 1.54) is 0 Å². The first-order chi connectivity index (χ1) is 15.3. The monoisotopic (exact) mass is 480 g/mol. The fourth-order valence-corrected chi connectivity index (χ4v) is 4.67. The van der Waals surface area contributed by atoms with Gasteiger partial charge >= 0.3 is 5.97 Å². The van der Waals surface area contributed by atoms with Gasteiger partial charge in [-0.1, -0.05) is 0 Å². The summed E-state index contributed by atoms with van der Waals surface area (Å²) >= 11 is 0. The third-order valence-electron chi connectivity index (χ3n) is 6.21. The van der Waals surface area contributed by atoms with Crippen molar-refractivity contribution in [3.8, 4) is 5.69 Å². The number of fused-ring (bicyclic) bond motifs is 2. The molecule has 2 N–H and O–H groups in total. The molecule has 2 aliphatic rings. The minimum atomic E-state index is -1.55. The molecule has 2 atom stereocenters. The Kier molecular flexibility index (Phi) is 6.06. The van der Waals surface area contributed by atoms with Crippen LogP contribution in [0.2, 0.25) is 0 Å². The van der Waals surface area contributed by atoms with Crippen molar-refractivity contribution in [3.63, 3.8) is 0 Å². The van der Waals surface area contributed by atoms with Gasteiger partial charge in [0.25, 0.3) is 0 Å². The molecule has 0 aliphatic carbocycles. The largest absolute Gasteiger partial charge is 0.477 e. The van der Waals surface area contributed by atoms with E-state index >= 15 is 4.39 Å². The van der Waals surface area contributed by atoms with Gasteiger partial charge < -0.3 is 15.3 Å². The topological polar surface area (TPSA) is 87.5 Å². The van der Waals surface area contributed by atoms with E-state index in [2.05, 4.69) is 10.3 Å². The van der Waals surface area contributed by atoms with Crippen LogP contribution >= 0.6 is 12.4 Å². The molecule has 2 aliphatic heterocycles. The van der Waals surface area contributed by atoms with Gasteiger partial charge in [-0.05, 0) is 43.5 Å². The van der Waals surface area contributed by atoms with Gasteiger partial charge in [-0.15, -0.1) is 12.4 Å². The van der Waals surface area contributed by atoms with Crippen LogP contribution in [0.25, 0.3) is 16.7 Å². The molecule has 0 spiro atoms. The fourth-order valence-electron chi connectivity index (χ4n) is 4.67. The van der Waals surface area contributed by atoms with Gasteiger partial charge in [0.1, 0.15) is 17.2 Å². The minimum absolute atomic E-state index is 0. The van der Waals surface area contributed by atoms with E-state index < -0.39 is 34.4 Å². The second-order valence-corrected chi connectivity index (χ2v) is 8.18. The molecule has 0 saturated carbocycles. The number of carboxylic acids is 1. The minimum Gasteiger partial charge on any atom is -0.477 e. The van der Waals surface area contributed by atoms with Crippen LogP contribution in [0, 0.1) is 23.4 Å². The first-order valence-corrected chi connectivity index (χ1v) is 10.3. The van der Waals surface area contributed by atoms with E-state index in [4.69, 9.17) is 0 Å². The first-order valence-electron chi connectivity index (χ1n) is 10.3. The van der Waals surface area contributed by atoms with E-state index in [0.29, 0.717) is 25.1 Å². The second-order valence-electron chi connectivity index (χ2n) is 8.18. The maximum atomic E-state index is 15.1. The zero-order chi connectivity index (χ0) is 22.6. The number of nitrogens with one attached hydrogen (secondary N) is 1. The molecular weight excluding hydrogens is 461 g/mol. The molecule has 4 heterocycles. The van der Waals surface area contributed by atoms with Crippen LogP contribution in [0.1, 0.15) is 23.2 Å². The summed E-state index contributed by atoms with van der Waals surface area (Å²) in [6.07, 6.45) is 2.98. The highest BCUT2D eigenvalue weighted by Gasteiger charge is 2.36. The number of carbonyl (C=O) groups is 1. The van der Waals surface area contributed by atoms with Gasteiger partial charge in [-0.2, -0.15) is 0 Å². The summed E-state index contributed by atoms with van der Waals surface area (Å²) in [6.45, 7) is 2.00. The normalized spacial score (nSPS) is 19.9. The number of anilines is 1. The molecule has 33 heavy (non-hydrogen) atoms. The molecule has 7 nitrogen and oxygen atoms in total. The molecule has 174 valence electrons. The van der Waals surface area contributed by atoms with Gasteiger partial charge in [0.2, 0.25) is 5.43 Å². The Balaban J connectivity index is 0.00000259. The summed E-state index contributed by atoms with van der Waals surface area (Å²) in [4.78, 5) is 30.4. The summed E-state index contributed by atoms with van der Waals surface area (Å²) in [5.41, 5.74) is -1.92. The van der Waals surface area contributed by atoms with Crippen molar-refractivity contribution < 1.29 is 23.1 Å². The quantitative estimate of drug-likeness (QED) is 0.599. The summed E-state index contributed by atoms with van der Waals surface area (Å²) in [7, 11) is 0. The van der Waals surface area contributed by atoms with E-state index in [1.807, 2.05) is 0 Å². The Morgan fingerprint density at radius 2 is 1.94 bits per heavy atom. The summed E-state index contributed by atoms with van der Waals surface area (Å²) < 4.78 is 44.2. The predicted molar refractivity (Wildman–Crippen MR) is 118 cm³/mol. The summed E-state index contributed by atoms with van der Waals surface area (Å²) in [5.74, 6) is -3.76. The number of piperidine rings is 1. The molecule has 0 amide bonds. The molecule has 3 aromatic rings. The van der Waals surface area contributed by atoms with Crippen LogP contribution in [0.15, 0.2) is 35.3 Å². The SMILES string of the molecule is Cl.O=C(O)c1cn(-c2ccc(F)cc2F)c2nc(N3C[C@@H]4CCCN[C@@H]4C3)c(F)cc2c1=O. The van der Waals surface area contributed by atoms with Gasteiger partial charge in [-0.3, -0.25) is 9.36 Å². The van der Waals surface area contributed by atoms with Gasteiger partial charge in [-0.25, -0.2) is 22.9 Å². The Hall–Kier alpha value is -3.11. The third kappa shape index (κ3) is 3.93. The number of hydrogen-bond donors (Lipinski definition) is 2. The number of nitrogens with zero attached hydrogens (tertiary/aromatic N) is 3. The fraction of sp³-hybridized carbons (Fsp3) is 0.318. The summed E-state index contributed by atoms with van der Waals surface area (Å²) in [6, 6.07) is 3.90. The highest BCUT2D eigenvalue weighted by atomic mass is 35.5. The molecule has 0 unspecified atom stereocenters. The Labute approximate surface area is 192 Å². The standard InChI is InChI=1S/C22H19F3N4O3.ClH/c23-12-3-4-18(15(24)6-12)29-9-14(22(31)32)19(30)13-7-16(25)21(27-20(13)29)28-8-11-2-1-5-26-17(11)10-28;/h3-4,6-7,9,11,17,26H,1-2,5,8,10H2,(H,31,32);1H/t11-,17+;/m0./s1. The van der Waals surface area contributed by atoms with Crippen LogP contribution in [0.3, 0.4) is 0 Å². The zero-order valence-electron chi connectivity index (χ0n) is 17.2. The van der Waals surface area contributed by atoms with Crippen molar-refractivity contribution in [2.45, 2.75) is 18.9 Å². The van der Waals surface area contributed by atoms with Crippen molar-refractivity contribution in [2.24, 2.45) is 5.92 Å². The number of rotatable bonds is 3. The molecule has 0 radical (unpaired) electrons. The molecule has 2 fully saturated rings. The molecule has 2 aromatic heterocycles. The van der Waals surface area contributed by atoms with Crippen molar-refractivity contribution >= 4 is 35.2 Å². The number of carboxylic acid groups (broad SMARTS) is 1. The molecule has 2 saturated heterocycles. The third-order valence-corrected chi connectivity index (χ3v) is 6.21. The van der Waals surface area contributed by atoms with E-state index in [0.717, 1.165) is 48.3 Å². The Morgan fingerprint density at radius 3 is 2.64 bits per heavy atom. The lowest BCUT2D eigenvalue weighted by atomic mass is 9.94. The summed E-state index contributed by atoms with van der Waals surface area (Å²) in [5, 5.41) is 12.5. The Bertz CT molecular complexity index is 1300. The lowest BCUT2D eigenvalue weighted by Crippen LogP contribution is -2.40. The number of aromatic nitrogens is 2. The van der Waals surface area contributed by atoms with Crippen molar-refractivity contribution in [1.29, 1.82) is 0 Å². The predicted octanol–water partition coefficient (Wildman–Crippen LogP) is 3.11. The van der Waals surface area contributed by atoms with Crippen LogP contribution < -0.4 is 15.6 Å². The highest BCUT2D eigenvalue weighted by molar-refractivity contribution is 5.92. The highest BCUT2D eigenvalue weighted by Crippen LogP contribution is 2.31. The van der Waals surface area contributed by atoms with E-state index in [1.54, 1.807) is 4.90 Å². The lowest BCUT2D eigenvalue weighted by Gasteiger charge is -2.24. The van der Waals surface area contributed by atoms with Gasteiger partial charge in [0.05, 0.1) is 11.1 Å².